The summed E-state index contributed by atoms with van der Waals surface area (Å²) in [6.45, 7) is 0.614. The molecule has 1 aliphatic carbocycles. The number of carbonyl (C=O) groups is 3. The van der Waals surface area contributed by atoms with Gasteiger partial charge in [0.25, 0.3) is 5.91 Å². The first-order valence-corrected chi connectivity index (χ1v) is 14.6. The maximum absolute atomic E-state index is 13.8. The fraction of sp³-hybridized carbons (Fsp3) is 0.300. The predicted octanol–water partition coefficient (Wildman–Crippen LogP) is 4.26. The third kappa shape index (κ3) is 4.19. The lowest BCUT2D eigenvalue weighted by Gasteiger charge is -2.29. The van der Waals surface area contributed by atoms with Crippen molar-refractivity contribution in [2.45, 2.75) is 36.6 Å². The molecule has 7 rings (SSSR count). The summed E-state index contributed by atoms with van der Waals surface area (Å²) < 4.78 is 6.19. The first-order chi connectivity index (χ1) is 19.8. The molecule has 9 nitrogen and oxygen atoms in total. The molecule has 3 amide bonds. The maximum atomic E-state index is 13.8. The number of carbonyl (C=O) groups excluding carboxylic acids is 3. The molecule has 2 aromatic carbocycles. The molecule has 11 heteroatoms. The molecular formula is C30H25BrClN5O4. The van der Waals surface area contributed by atoms with Gasteiger partial charge in [-0.25, -0.2) is 4.98 Å². The highest BCUT2D eigenvalue weighted by Gasteiger charge is 2.52. The Morgan fingerprint density at radius 3 is 2.71 bits per heavy atom. The fourth-order valence-electron chi connectivity index (χ4n) is 6.43. The van der Waals surface area contributed by atoms with E-state index >= 15 is 0 Å². The van der Waals surface area contributed by atoms with Crippen molar-refractivity contribution >= 4 is 62.6 Å². The van der Waals surface area contributed by atoms with Crippen LogP contribution in [-0.4, -0.2) is 58.7 Å². The molecule has 2 N–H and O–H groups in total. The van der Waals surface area contributed by atoms with Gasteiger partial charge in [0.1, 0.15) is 23.7 Å². The van der Waals surface area contributed by atoms with Crippen molar-refractivity contribution < 1.29 is 19.1 Å². The highest BCUT2D eigenvalue weighted by molar-refractivity contribution is 9.10. The number of ether oxygens (including phenoxy) is 1. The zero-order chi connectivity index (χ0) is 28.4. The van der Waals surface area contributed by atoms with Crippen LogP contribution in [0.2, 0.25) is 5.02 Å². The van der Waals surface area contributed by atoms with Crippen molar-refractivity contribution in [2.75, 3.05) is 30.4 Å². The lowest BCUT2D eigenvalue weighted by atomic mass is 9.79. The molecule has 0 bridgehead atoms. The van der Waals surface area contributed by atoms with Crippen molar-refractivity contribution in [3.05, 3.63) is 86.5 Å². The van der Waals surface area contributed by atoms with Crippen LogP contribution < -0.4 is 10.6 Å². The quantitative estimate of drug-likeness (QED) is 0.446. The minimum Gasteiger partial charge on any atom is -0.381 e. The molecule has 0 saturated carbocycles. The SMILES string of the molecule is O=C(CN1C(=O)C2(CCOCC2)N=C1c1c(Cl)cccc1Br)Nc1ccc2c(c1)C[C@@]1(C2)C(=O)Nc2ncccc21. The number of halogens is 2. The Morgan fingerprint density at radius 1 is 1.10 bits per heavy atom. The average Bonchev–Trinajstić information content (AvgIpc) is 3.55. The number of hydrogen-bond donors (Lipinski definition) is 2. The molecule has 0 radical (unpaired) electrons. The number of fused-ring (bicyclic) bond motifs is 3. The molecule has 1 aromatic heterocycles. The number of amides is 3. The Bertz CT molecular complexity index is 1650. The average molecular weight is 635 g/mol. The molecule has 1 saturated heterocycles. The number of hydrogen-bond acceptors (Lipinski definition) is 6. The van der Waals surface area contributed by atoms with Crippen LogP contribution in [0.4, 0.5) is 11.5 Å². The summed E-state index contributed by atoms with van der Waals surface area (Å²) in [6, 6.07) is 14.9. The Kier molecular flexibility index (Phi) is 6.26. The fourth-order valence-corrected chi connectivity index (χ4v) is 7.35. The summed E-state index contributed by atoms with van der Waals surface area (Å²) in [6.07, 6.45) is 3.64. The minimum atomic E-state index is -0.971. The zero-order valence-corrected chi connectivity index (χ0v) is 24.2. The van der Waals surface area contributed by atoms with Crippen LogP contribution >= 0.6 is 27.5 Å². The van der Waals surface area contributed by atoms with Crippen LogP contribution in [0.25, 0.3) is 0 Å². The van der Waals surface area contributed by atoms with E-state index in [0.29, 0.717) is 71.3 Å². The molecule has 3 aromatic rings. The molecule has 208 valence electrons. The van der Waals surface area contributed by atoms with Crippen LogP contribution in [0.3, 0.4) is 0 Å². The van der Waals surface area contributed by atoms with E-state index in [0.717, 1.165) is 16.7 Å². The largest absolute Gasteiger partial charge is 0.381 e. The van der Waals surface area contributed by atoms with E-state index in [1.165, 1.54) is 4.90 Å². The Morgan fingerprint density at radius 2 is 1.90 bits per heavy atom. The summed E-state index contributed by atoms with van der Waals surface area (Å²) >= 11 is 10.1. The number of nitrogens with zero attached hydrogens (tertiary/aromatic N) is 3. The standard InChI is InChI=1S/C30H25BrClN5O4/c31-21-4-1-5-22(32)24(21)26-36-30(8-11-41-12-9-30)28(40)37(26)16-23(38)34-19-7-6-17-14-29(15-18(17)13-19)20-3-2-10-33-25(20)35-27(29)39/h1-7,10,13H,8-9,11-12,14-16H2,(H,34,38)(H,33,35,39)/t29-/m1/s1. The number of benzene rings is 2. The van der Waals surface area contributed by atoms with E-state index in [-0.39, 0.29) is 24.3 Å². The number of rotatable bonds is 4. The van der Waals surface area contributed by atoms with Gasteiger partial charge in [0.2, 0.25) is 11.8 Å². The summed E-state index contributed by atoms with van der Waals surface area (Å²) in [4.78, 5) is 50.9. The zero-order valence-electron chi connectivity index (χ0n) is 21.9. The van der Waals surface area contributed by atoms with E-state index in [2.05, 4.69) is 31.5 Å². The number of amidine groups is 1. The lowest BCUT2D eigenvalue weighted by molar-refractivity contribution is -0.136. The molecule has 4 heterocycles. The van der Waals surface area contributed by atoms with Gasteiger partial charge in [0.05, 0.1) is 10.4 Å². The third-order valence-corrected chi connectivity index (χ3v) is 9.47. The molecule has 0 unspecified atom stereocenters. The molecule has 3 aliphatic heterocycles. The normalized spacial score (nSPS) is 22.1. The van der Waals surface area contributed by atoms with Crippen molar-refractivity contribution in [1.82, 2.24) is 9.88 Å². The lowest BCUT2D eigenvalue weighted by Crippen LogP contribution is -2.48. The third-order valence-electron chi connectivity index (χ3n) is 8.49. The van der Waals surface area contributed by atoms with Crippen LogP contribution in [0, 0.1) is 0 Å². The van der Waals surface area contributed by atoms with Crippen LogP contribution in [-0.2, 0) is 37.4 Å². The Hall–Kier alpha value is -3.60. The smallest absolute Gasteiger partial charge is 0.256 e. The van der Waals surface area contributed by atoms with Gasteiger partial charge >= 0.3 is 0 Å². The number of aromatic nitrogens is 1. The van der Waals surface area contributed by atoms with Gasteiger partial charge in [-0.3, -0.25) is 24.3 Å². The van der Waals surface area contributed by atoms with Crippen LogP contribution in [0.1, 0.15) is 35.1 Å². The highest BCUT2D eigenvalue weighted by Crippen LogP contribution is 2.47. The second kappa shape index (κ2) is 9.75. The molecule has 1 atom stereocenters. The summed E-state index contributed by atoms with van der Waals surface area (Å²) in [5.41, 5.74) is 2.47. The van der Waals surface area contributed by atoms with Crippen LogP contribution in [0.15, 0.2) is 64.2 Å². The molecule has 4 aliphatic rings. The number of pyridine rings is 1. The van der Waals surface area contributed by atoms with Gasteiger partial charge in [-0.2, -0.15) is 0 Å². The van der Waals surface area contributed by atoms with E-state index in [1.54, 1.807) is 18.3 Å². The number of nitrogens with one attached hydrogen (secondary N) is 2. The molecule has 41 heavy (non-hydrogen) atoms. The van der Waals surface area contributed by atoms with E-state index in [1.807, 2.05) is 36.4 Å². The van der Waals surface area contributed by atoms with E-state index in [9.17, 15) is 14.4 Å². The first-order valence-electron chi connectivity index (χ1n) is 13.4. The molecule has 1 fully saturated rings. The van der Waals surface area contributed by atoms with Gasteiger partial charge < -0.3 is 15.4 Å². The minimum absolute atomic E-state index is 0.0554. The van der Waals surface area contributed by atoms with Crippen molar-refractivity contribution in [2.24, 2.45) is 4.99 Å². The topological polar surface area (TPSA) is 113 Å². The van der Waals surface area contributed by atoms with Gasteiger partial charge in [-0.1, -0.05) is 29.8 Å². The monoisotopic (exact) mass is 633 g/mol. The van der Waals surface area contributed by atoms with Crippen molar-refractivity contribution in [3.8, 4) is 0 Å². The summed E-state index contributed by atoms with van der Waals surface area (Å²) in [5, 5.41) is 6.30. The van der Waals surface area contributed by atoms with E-state index in [4.69, 9.17) is 21.3 Å². The van der Waals surface area contributed by atoms with Gasteiger partial charge in [0.15, 0.2) is 0 Å². The second-order valence-corrected chi connectivity index (χ2v) is 12.1. The predicted molar refractivity (Wildman–Crippen MR) is 157 cm³/mol. The summed E-state index contributed by atoms with van der Waals surface area (Å²) in [5.74, 6) is 0.339. The van der Waals surface area contributed by atoms with Crippen molar-refractivity contribution in [1.29, 1.82) is 0 Å². The molecular weight excluding hydrogens is 610 g/mol. The highest BCUT2D eigenvalue weighted by atomic mass is 79.9. The number of aliphatic imine (C=N–C) groups is 1. The number of anilines is 2. The first kappa shape index (κ1) is 26.3. The maximum Gasteiger partial charge on any atom is 0.256 e. The Balaban J connectivity index is 1.13. The van der Waals surface area contributed by atoms with Gasteiger partial charge in [-0.05, 0) is 70.2 Å². The van der Waals surface area contributed by atoms with E-state index < -0.39 is 11.0 Å². The molecule has 2 spiro atoms. The van der Waals surface area contributed by atoms with Crippen molar-refractivity contribution in [3.63, 3.8) is 0 Å². The second-order valence-electron chi connectivity index (χ2n) is 10.9. The van der Waals surface area contributed by atoms with Crippen LogP contribution in [0.5, 0.6) is 0 Å². The van der Waals surface area contributed by atoms with Gasteiger partial charge in [0, 0.05) is 53.5 Å². The summed E-state index contributed by atoms with van der Waals surface area (Å²) in [7, 11) is 0. The Labute approximate surface area is 249 Å². The van der Waals surface area contributed by atoms with Gasteiger partial charge in [-0.15, -0.1) is 0 Å².